The third-order valence-corrected chi connectivity index (χ3v) is 2.49. The van der Waals surface area contributed by atoms with Gasteiger partial charge in [-0.1, -0.05) is 15.9 Å². The van der Waals surface area contributed by atoms with Gasteiger partial charge in [0.1, 0.15) is 0 Å². The number of nitrogens with zero attached hydrogens (tertiary/aromatic N) is 2. The molecule has 0 unspecified atom stereocenters. The molecule has 1 aromatic heterocycles. The molecule has 0 aliphatic heterocycles. The van der Waals surface area contributed by atoms with Crippen LogP contribution in [0.3, 0.4) is 0 Å². The lowest BCUT2D eigenvalue weighted by Crippen LogP contribution is -2.02. The van der Waals surface area contributed by atoms with E-state index in [-0.39, 0.29) is 10.6 Å². The molecule has 0 N–H and O–H groups in total. The normalized spacial score (nSPS) is 10.2. The van der Waals surface area contributed by atoms with Gasteiger partial charge in [0.15, 0.2) is 0 Å². The second kappa shape index (κ2) is 4.50. The highest BCUT2D eigenvalue weighted by molar-refractivity contribution is 9.09. The van der Waals surface area contributed by atoms with Gasteiger partial charge in [-0.2, -0.15) is 0 Å². The minimum absolute atomic E-state index is 0.191. The molecule has 0 aromatic carbocycles. The summed E-state index contributed by atoms with van der Waals surface area (Å²) in [4.78, 5) is 14.6. The van der Waals surface area contributed by atoms with Gasteiger partial charge in [0.2, 0.25) is 0 Å². The maximum atomic E-state index is 10.8. The molecule has 0 radical (unpaired) electrons. The van der Waals surface area contributed by atoms with Crippen molar-refractivity contribution in [3.63, 3.8) is 0 Å². The third-order valence-electron chi connectivity index (χ3n) is 2.09. The van der Waals surface area contributed by atoms with E-state index in [4.69, 9.17) is 0 Å². The Hall–Kier alpha value is -0.970. The SMILES string of the molecule is Cc1cnc(CCBr)c(C)c1[N+](=O)[O-]. The van der Waals surface area contributed by atoms with E-state index in [1.807, 2.05) is 0 Å². The predicted octanol–water partition coefficient (Wildman–Crippen LogP) is 2.54. The minimum atomic E-state index is -0.343. The van der Waals surface area contributed by atoms with Gasteiger partial charge in [0, 0.05) is 22.7 Å². The monoisotopic (exact) mass is 258 g/mol. The molecule has 1 aromatic rings. The highest BCUT2D eigenvalue weighted by Crippen LogP contribution is 2.24. The number of hydrogen-bond acceptors (Lipinski definition) is 3. The van der Waals surface area contributed by atoms with Crippen LogP contribution in [0.1, 0.15) is 16.8 Å². The lowest BCUT2D eigenvalue weighted by atomic mass is 10.1. The highest BCUT2D eigenvalue weighted by atomic mass is 79.9. The lowest BCUT2D eigenvalue weighted by molar-refractivity contribution is -0.386. The summed E-state index contributed by atoms with van der Waals surface area (Å²) < 4.78 is 0. The van der Waals surface area contributed by atoms with Crippen LogP contribution in [-0.4, -0.2) is 15.2 Å². The molecule has 4 nitrogen and oxygen atoms in total. The molecular formula is C9H11BrN2O2. The number of nitro groups is 1. The molecule has 5 heteroatoms. The smallest absolute Gasteiger partial charge is 0.260 e. The summed E-state index contributed by atoms with van der Waals surface area (Å²) in [5.74, 6) is 0. The molecule has 0 fully saturated rings. The van der Waals surface area contributed by atoms with E-state index in [1.54, 1.807) is 20.0 Å². The molecule has 14 heavy (non-hydrogen) atoms. The quantitative estimate of drug-likeness (QED) is 0.476. The second-order valence-corrected chi connectivity index (χ2v) is 3.85. The maximum absolute atomic E-state index is 10.8. The topological polar surface area (TPSA) is 56.0 Å². The molecular weight excluding hydrogens is 248 g/mol. The van der Waals surface area contributed by atoms with Crippen molar-refractivity contribution in [2.45, 2.75) is 20.3 Å². The molecule has 0 aliphatic carbocycles. The predicted molar refractivity (Wildman–Crippen MR) is 57.9 cm³/mol. The minimum Gasteiger partial charge on any atom is -0.260 e. The summed E-state index contributed by atoms with van der Waals surface area (Å²) in [6.45, 7) is 3.45. The van der Waals surface area contributed by atoms with Crippen LogP contribution in [-0.2, 0) is 6.42 Å². The first-order valence-corrected chi connectivity index (χ1v) is 5.35. The van der Waals surface area contributed by atoms with Crippen LogP contribution in [0.2, 0.25) is 0 Å². The van der Waals surface area contributed by atoms with Crippen molar-refractivity contribution >= 4 is 21.6 Å². The number of alkyl halides is 1. The van der Waals surface area contributed by atoms with E-state index in [0.29, 0.717) is 17.5 Å². The molecule has 76 valence electrons. The maximum Gasteiger partial charge on any atom is 0.278 e. The van der Waals surface area contributed by atoms with Crippen molar-refractivity contribution in [2.24, 2.45) is 0 Å². The molecule has 0 spiro atoms. The Balaban J connectivity index is 3.26. The number of pyridine rings is 1. The van der Waals surface area contributed by atoms with Crippen molar-refractivity contribution in [1.82, 2.24) is 4.98 Å². The molecule has 0 saturated heterocycles. The fourth-order valence-electron chi connectivity index (χ4n) is 1.39. The van der Waals surface area contributed by atoms with Gasteiger partial charge in [-0.05, 0) is 20.3 Å². The molecule has 0 aliphatic rings. The average Bonchev–Trinajstić information content (AvgIpc) is 2.10. The van der Waals surface area contributed by atoms with E-state index < -0.39 is 0 Å². The number of aryl methyl sites for hydroxylation is 2. The number of hydrogen-bond donors (Lipinski definition) is 0. The first kappa shape index (κ1) is 11.1. The van der Waals surface area contributed by atoms with E-state index in [0.717, 1.165) is 11.0 Å². The van der Waals surface area contributed by atoms with Crippen molar-refractivity contribution in [1.29, 1.82) is 0 Å². The van der Waals surface area contributed by atoms with Gasteiger partial charge in [-0.3, -0.25) is 15.1 Å². The zero-order chi connectivity index (χ0) is 10.7. The van der Waals surface area contributed by atoms with Crippen LogP contribution in [0, 0.1) is 24.0 Å². The zero-order valence-electron chi connectivity index (χ0n) is 8.08. The molecule has 1 rings (SSSR count). The number of rotatable bonds is 3. The summed E-state index contributed by atoms with van der Waals surface area (Å²) in [6.07, 6.45) is 2.27. The van der Waals surface area contributed by atoms with Crippen LogP contribution in [0.15, 0.2) is 6.20 Å². The van der Waals surface area contributed by atoms with Crippen molar-refractivity contribution in [2.75, 3.05) is 5.33 Å². The van der Waals surface area contributed by atoms with Gasteiger partial charge in [0.05, 0.1) is 10.6 Å². The lowest BCUT2D eigenvalue weighted by Gasteiger charge is -2.05. The fourth-order valence-corrected chi connectivity index (χ4v) is 1.76. The molecule has 1 heterocycles. The summed E-state index contributed by atoms with van der Waals surface area (Å²) in [5, 5.41) is 11.5. The molecule has 0 bridgehead atoms. The third kappa shape index (κ3) is 2.09. The summed E-state index contributed by atoms with van der Waals surface area (Å²) in [7, 11) is 0. The first-order valence-electron chi connectivity index (χ1n) is 4.23. The van der Waals surface area contributed by atoms with Gasteiger partial charge >= 0.3 is 0 Å². The van der Waals surface area contributed by atoms with Crippen LogP contribution < -0.4 is 0 Å². The molecule has 0 amide bonds. The van der Waals surface area contributed by atoms with Gasteiger partial charge < -0.3 is 0 Å². The summed E-state index contributed by atoms with van der Waals surface area (Å²) in [5.41, 5.74) is 2.27. The van der Waals surface area contributed by atoms with Gasteiger partial charge in [-0.15, -0.1) is 0 Å². The Morgan fingerprint density at radius 3 is 2.71 bits per heavy atom. The van der Waals surface area contributed by atoms with Crippen LogP contribution in [0.5, 0.6) is 0 Å². The second-order valence-electron chi connectivity index (χ2n) is 3.06. The van der Waals surface area contributed by atoms with E-state index in [9.17, 15) is 10.1 Å². The number of aromatic nitrogens is 1. The van der Waals surface area contributed by atoms with E-state index in [1.165, 1.54) is 0 Å². The van der Waals surface area contributed by atoms with E-state index >= 15 is 0 Å². The van der Waals surface area contributed by atoms with E-state index in [2.05, 4.69) is 20.9 Å². The number of halogens is 1. The van der Waals surface area contributed by atoms with Gasteiger partial charge in [-0.25, -0.2) is 0 Å². The summed E-state index contributed by atoms with van der Waals surface area (Å²) >= 11 is 3.29. The molecule has 0 saturated carbocycles. The average molecular weight is 259 g/mol. The Labute approximate surface area is 90.6 Å². The highest BCUT2D eigenvalue weighted by Gasteiger charge is 2.17. The van der Waals surface area contributed by atoms with Crippen LogP contribution >= 0.6 is 15.9 Å². The Kier molecular flexibility index (Phi) is 3.57. The van der Waals surface area contributed by atoms with Crippen molar-refractivity contribution < 1.29 is 4.92 Å². The Morgan fingerprint density at radius 1 is 1.57 bits per heavy atom. The first-order chi connectivity index (χ1) is 6.57. The Bertz CT molecular complexity index is 366. The standard InChI is InChI=1S/C9H11BrN2O2/c1-6-5-11-8(3-4-10)7(2)9(6)12(13)14/h5H,3-4H2,1-2H3. The molecule has 0 atom stereocenters. The van der Waals surface area contributed by atoms with Crippen LogP contribution in [0.4, 0.5) is 5.69 Å². The van der Waals surface area contributed by atoms with Crippen LogP contribution in [0.25, 0.3) is 0 Å². The zero-order valence-corrected chi connectivity index (χ0v) is 9.67. The van der Waals surface area contributed by atoms with Crippen molar-refractivity contribution in [3.05, 3.63) is 33.1 Å². The fraction of sp³-hybridized carbons (Fsp3) is 0.444. The summed E-state index contributed by atoms with van der Waals surface area (Å²) in [6, 6.07) is 0. The van der Waals surface area contributed by atoms with Crippen molar-refractivity contribution in [3.8, 4) is 0 Å². The largest absolute Gasteiger partial charge is 0.278 e. The Morgan fingerprint density at radius 2 is 2.21 bits per heavy atom. The van der Waals surface area contributed by atoms with Gasteiger partial charge in [0.25, 0.3) is 5.69 Å².